The maximum atomic E-state index is 12.7. The molecule has 2 N–H and O–H groups in total. The van der Waals surface area contributed by atoms with Crippen LogP contribution in [0.2, 0.25) is 0 Å². The van der Waals surface area contributed by atoms with E-state index in [9.17, 15) is 18.7 Å². The van der Waals surface area contributed by atoms with E-state index in [2.05, 4.69) is 5.32 Å². The molecule has 0 radical (unpaired) electrons. The first-order valence-electron chi connectivity index (χ1n) is 5.74. The van der Waals surface area contributed by atoms with Gasteiger partial charge in [0.2, 0.25) is 0 Å². The average molecular weight is 265 g/mol. The topological polar surface area (TPSA) is 49.3 Å². The van der Waals surface area contributed by atoms with E-state index < -0.39 is 18.4 Å². The van der Waals surface area contributed by atoms with Gasteiger partial charge in [-0.3, -0.25) is 4.79 Å². The van der Waals surface area contributed by atoms with E-state index in [1.165, 1.54) is 12.1 Å². The third kappa shape index (κ3) is 3.19. The Hall–Kier alpha value is -2.17. The van der Waals surface area contributed by atoms with Crippen LogP contribution in [0.25, 0.3) is 10.8 Å². The van der Waals surface area contributed by atoms with E-state index in [-0.39, 0.29) is 5.75 Å². The molecule has 0 aliphatic heterocycles. The molecule has 2 rings (SSSR count). The molecule has 0 unspecified atom stereocenters. The van der Waals surface area contributed by atoms with Gasteiger partial charge in [0.05, 0.1) is 6.54 Å². The molecule has 5 heteroatoms. The van der Waals surface area contributed by atoms with Crippen molar-refractivity contribution in [2.24, 2.45) is 0 Å². The largest absolute Gasteiger partial charge is 0.508 e. The monoisotopic (exact) mass is 265 g/mol. The van der Waals surface area contributed by atoms with Crippen LogP contribution < -0.4 is 5.32 Å². The van der Waals surface area contributed by atoms with Crippen LogP contribution in [0.4, 0.5) is 8.78 Å². The quantitative estimate of drug-likeness (QED) is 0.896. The first-order valence-corrected chi connectivity index (χ1v) is 5.74. The summed E-state index contributed by atoms with van der Waals surface area (Å²) in [5, 5.41) is 12.8. The highest BCUT2D eigenvalue weighted by Crippen LogP contribution is 2.23. The number of nitrogens with one attached hydrogen (secondary N) is 1. The summed E-state index contributed by atoms with van der Waals surface area (Å²) in [5.41, 5.74) is 0.307. The van der Waals surface area contributed by atoms with Crippen LogP contribution >= 0.6 is 0 Å². The Morgan fingerprint density at radius 1 is 1.32 bits per heavy atom. The minimum Gasteiger partial charge on any atom is -0.508 e. The number of hydrogen-bond acceptors (Lipinski definition) is 2. The SMILES string of the molecule is CC(F)(F)CNC(=O)c1cccc2cc(O)ccc12. The van der Waals surface area contributed by atoms with Crippen molar-refractivity contribution in [3.8, 4) is 5.75 Å². The van der Waals surface area contributed by atoms with Crippen LogP contribution in [0.1, 0.15) is 17.3 Å². The number of benzene rings is 2. The number of fused-ring (bicyclic) bond motifs is 1. The van der Waals surface area contributed by atoms with Gasteiger partial charge >= 0.3 is 0 Å². The van der Waals surface area contributed by atoms with Crippen LogP contribution in [0, 0.1) is 0 Å². The molecule has 0 spiro atoms. The van der Waals surface area contributed by atoms with E-state index in [0.29, 0.717) is 16.3 Å². The van der Waals surface area contributed by atoms with Gasteiger partial charge in [-0.25, -0.2) is 8.78 Å². The average Bonchev–Trinajstić information content (AvgIpc) is 2.34. The number of phenolic OH excluding ortho intramolecular Hbond substituents is 1. The second-order valence-corrected chi connectivity index (χ2v) is 4.46. The summed E-state index contributed by atoms with van der Waals surface area (Å²) in [7, 11) is 0. The van der Waals surface area contributed by atoms with Crippen molar-refractivity contribution in [2.45, 2.75) is 12.8 Å². The number of halogens is 2. The number of carbonyl (C=O) groups excluding carboxylic acids is 1. The molecule has 3 nitrogen and oxygen atoms in total. The summed E-state index contributed by atoms with van der Waals surface area (Å²) in [4.78, 5) is 11.9. The normalized spacial score (nSPS) is 11.5. The number of rotatable bonds is 3. The van der Waals surface area contributed by atoms with Gasteiger partial charge in [0.25, 0.3) is 11.8 Å². The van der Waals surface area contributed by atoms with Gasteiger partial charge < -0.3 is 10.4 Å². The van der Waals surface area contributed by atoms with Gasteiger partial charge in [-0.1, -0.05) is 12.1 Å². The first kappa shape index (κ1) is 13.3. The lowest BCUT2D eigenvalue weighted by Crippen LogP contribution is -2.34. The molecule has 0 saturated carbocycles. The molecule has 100 valence electrons. The number of alkyl halides is 2. The van der Waals surface area contributed by atoms with E-state index in [1.54, 1.807) is 24.3 Å². The highest BCUT2D eigenvalue weighted by Gasteiger charge is 2.22. The van der Waals surface area contributed by atoms with Gasteiger partial charge in [-0.15, -0.1) is 0 Å². The molecule has 0 atom stereocenters. The molecule has 0 fully saturated rings. The Morgan fingerprint density at radius 2 is 2.05 bits per heavy atom. The molecule has 0 aliphatic carbocycles. The maximum Gasteiger partial charge on any atom is 0.262 e. The van der Waals surface area contributed by atoms with E-state index in [1.807, 2.05) is 0 Å². The summed E-state index contributed by atoms with van der Waals surface area (Å²) in [5.74, 6) is -3.42. The molecule has 0 bridgehead atoms. The number of hydrogen-bond donors (Lipinski definition) is 2. The highest BCUT2D eigenvalue weighted by atomic mass is 19.3. The molecule has 2 aromatic carbocycles. The maximum absolute atomic E-state index is 12.7. The number of carbonyl (C=O) groups is 1. The van der Waals surface area contributed by atoms with Crippen LogP contribution in [-0.4, -0.2) is 23.5 Å². The zero-order valence-electron chi connectivity index (χ0n) is 10.3. The minimum absolute atomic E-state index is 0.0881. The van der Waals surface area contributed by atoms with Crippen LogP contribution in [0.15, 0.2) is 36.4 Å². The van der Waals surface area contributed by atoms with E-state index in [4.69, 9.17) is 0 Å². The van der Waals surface area contributed by atoms with Crippen molar-refractivity contribution < 1.29 is 18.7 Å². The Balaban J connectivity index is 2.32. The van der Waals surface area contributed by atoms with E-state index >= 15 is 0 Å². The number of amides is 1. The van der Waals surface area contributed by atoms with Gasteiger partial charge in [-0.05, 0) is 35.0 Å². The summed E-state index contributed by atoms with van der Waals surface area (Å²) in [6.07, 6.45) is 0. The van der Waals surface area contributed by atoms with Crippen molar-refractivity contribution >= 4 is 16.7 Å². The highest BCUT2D eigenvalue weighted by molar-refractivity contribution is 6.07. The fraction of sp³-hybridized carbons (Fsp3) is 0.214. The first-order chi connectivity index (χ1) is 8.87. The third-order valence-electron chi connectivity index (χ3n) is 2.67. The summed E-state index contributed by atoms with van der Waals surface area (Å²) < 4.78 is 25.4. The molecule has 2 aromatic rings. The molecule has 0 saturated heterocycles. The predicted molar refractivity (Wildman–Crippen MR) is 68.6 cm³/mol. The van der Waals surface area contributed by atoms with Crippen LogP contribution in [0.3, 0.4) is 0 Å². The standard InChI is InChI=1S/C14H13F2NO2/c1-14(15,16)8-17-13(19)12-4-2-3-9-7-10(18)5-6-11(9)12/h2-7,18H,8H2,1H3,(H,17,19). The van der Waals surface area contributed by atoms with Crippen LogP contribution in [0.5, 0.6) is 5.75 Å². The lowest BCUT2D eigenvalue weighted by atomic mass is 10.0. The second kappa shape index (κ2) is 4.84. The molecular weight excluding hydrogens is 252 g/mol. The molecule has 19 heavy (non-hydrogen) atoms. The summed E-state index contributed by atoms with van der Waals surface area (Å²) in [6, 6.07) is 9.49. The van der Waals surface area contributed by atoms with Gasteiger partial charge in [0.1, 0.15) is 5.75 Å². The molecular formula is C14H13F2NO2. The number of aromatic hydroxyl groups is 1. The van der Waals surface area contributed by atoms with Crippen molar-refractivity contribution in [3.63, 3.8) is 0 Å². The Bertz CT molecular complexity index is 620. The van der Waals surface area contributed by atoms with Crippen molar-refractivity contribution in [1.82, 2.24) is 5.32 Å². The smallest absolute Gasteiger partial charge is 0.262 e. The fourth-order valence-corrected chi connectivity index (χ4v) is 1.80. The van der Waals surface area contributed by atoms with Crippen molar-refractivity contribution in [3.05, 3.63) is 42.0 Å². The summed E-state index contributed by atoms with van der Waals surface area (Å²) in [6.45, 7) is 0.0364. The van der Waals surface area contributed by atoms with Crippen molar-refractivity contribution in [1.29, 1.82) is 0 Å². The Morgan fingerprint density at radius 3 is 2.74 bits per heavy atom. The third-order valence-corrected chi connectivity index (χ3v) is 2.67. The van der Waals surface area contributed by atoms with Gasteiger partial charge in [0, 0.05) is 12.5 Å². The zero-order valence-corrected chi connectivity index (χ0v) is 10.3. The van der Waals surface area contributed by atoms with Crippen molar-refractivity contribution in [2.75, 3.05) is 6.54 Å². The number of phenols is 1. The predicted octanol–water partition coefficient (Wildman–Crippen LogP) is 2.93. The minimum atomic E-state index is -2.95. The molecule has 0 heterocycles. The van der Waals surface area contributed by atoms with Gasteiger partial charge in [-0.2, -0.15) is 0 Å². The molecule has 1 amide bonds. The molecule has 0 aromatic heterocycles. The Kier molecular flexibility index (Phi) is 3.38. The molecule has 0 aliphatic rings. The van der Waals surface area contributed by atoms with E-state index in [0.717, 1.165) is 6.92 Å². The lowest BCUT2D eigenvalue weighted by molar-refractivity contribution is 0.0221. The Labute approximate surface area is 108 Å². The fourth-order valence-electron chi connectivity index (χ4n) is 1.80. The zero-order chi connectivity index (χ0) is 14.0. The van der Waals surface area contributed by atoms with Gasteiger partial charge in [0.15, 0.2) is 0 Å². The van der Waals surface area contributed by atoms with Crippen LogP contribution in [-0.2, 0) is 0 Å². The lowest BCUT2D eigenvalue weighted by Gasteiger charge is -2.12. The second-order valence-electron chi connectivity index (χ2n) is 4.46. The summed E-state index contributed by atoms with van der Waals surface area (Å²) >= 11 is 0.